The van der Waals surface area contributed by atoms with Gasteiger partial charge in [-0.15, -0.1) is 11.3 Å². The van der Waals surface area contributed by atoms with Crippen LogP contribution in [0, 0.1) is 0 Å². The molecule has 29 heavy (non-hydrogen) atoms. The molecule has 0 saturated carbocycles. The molecule has 0 spiro atoms. The molecule has 0 aliphatic carbocycles. The Hall–Kier alpha value is -3.07. The summed E-state index contributed by atoms with van der Waals surface area (Å²) in [4.78, 5) is 19.4. The van der Waals surface area contributed by atoms with Crippen LogP contribution < -0.4 is 5.32 Å². The molecule has 9 heteroatoms. The van der Waals surface area contributed by atoms with Crippen LogP contribution in [-0.2, 0) is 10.3 Å². The van der Waals surface area contributed by atoms with Gasteiger partial charge in [-0.05, 0) is 25.1 Å². The molecule has 1 atom stereocenters. The largest absolute Gasteiger partial charge is 0.450 e. The number of para-hydroxylation sites is 2. The topological polar surface area (TPSA) is 67.0 Å². The molecule has 2 aromatic carbocycles. The highest BCUT2D eigenvalue weighted by Crippen LogP contribution is 2.48. The Morgan fingerprint density at radius 2 is 1.90 bits per heavy atom. The van der Waals surface area contributed by atoms with Gasteiger partial charge >= 0.3 is 12.3 Å². The fraction of sp³-hybridized carbons (Fsp3) is 0.200. The Morgan fingerprint density at radius 1 is 1.17 bits per heavy atom. The number of thiazole rings is 1. The van der Waals surface area contributed by atoms with Crippen molar-refractivity contribution in [1.82, 2.24) is 15.3 Å². The minimum absolute atomic E-state index is 0.0620. The number of ether oxygens (including phenoxy) is 1. The predicted octanol–water partition coefficient (Wildman–Crippen LogP) is 5.33. The zero-order chi connectivity index (χ0) is 20.6. The average molecular weight is 419 g/mol. The molecule has 150 valence electrons. The van der Waals surface area contributed by atoms with Gasteiger partial charge in [-0.1, -0.05) is 30.3 Å². The maximum Gasteiger partial charge on any atom is 0.422 e. The van der Waals surface area contributed by atoms with Crippen molar-refractivity contribution in [3.8, 4) is 0 Å². The lowest BCUT2D eigenvalue weighted by Crippen LogP contribution is -2.57. The average Bonchev–Trinajstić information content (AvgIpc) is 3.30. The summed E-state index contributed by atoms with van der Waals surface area (Å²) in [7, 11) is 0. The number of nitrogens with zero attached hydrogens (tertiary/aromatic N) is 1. The van der Waals surface area contributed by atoms with E-state index in [0.29, 0.717) is 21.1 Å². The predicted molar refractivity (Wildman–Crippen MR) is 105 cm³/mol. The Kier molecular flexibility index (Phi) is 4.70. The fourth-order valence-corrected chi connectivity index (χ4v) is 4.46. The molecule has 0 aliphatic heterocycles. The van der Waals surface area contributed by atoms with E-state index in [4.69, 9.17) is 4.74 Å². The summed E-state index contributed by atoms with van der Waals surface area (Å²) in [6.45, 7) is 1.46. The lowest BCUT2D eigenvalue weighted by molar-refractivity contribution is -0.185. The highest BCUT2D eigenvalue weighted by atomic mass is 32.1. The molecule has 4 aromatic rings. The van der Waals surface area contributed by atoms with Crippen LogP contribution in [0.3, 0.4) is 0 Å². The van der Waals surface area contributed by atoms with Crippen molar-refractivity contribution in [2.24, 2.45) is 0 Å². The van der Waals surface area contributed by atoms with E-state index in [1.165, 1.54) is 13.1 Å². The number of aromatic amines is 1. The summed E-state index contributed by atoms with van der Waals surface area (Å²) in [5.74, 6) is 0. The number of hydrogen-bond acceptors (Lipinski definition) is 4. The number of fused-ring (bicyclic) bond motifs is 2. The summed E-state index contributed by atoms with van der Waals surface area (Å²) in [6.07, 6.45) is -4.80. The number of alkyl halides is 3. The molecule has 4 rings (SSSR count). The van der Waals surface area contributed by atoms with Crippen molar-refractivity contribution in [2.45, 2.75) is 18.6 Å². The van der Waals surface area contributed by atoms with E-state index in [0.717, 1.165) is 11.3 Å². The number of amides is 1. The minimum Gasteiger partial charge on any atom is -0.450 e. The summed E-state index contributed by atoms with van der Waals surface area (Å²) in [6, 6.07) is 13.4. The van der Waals surface area contributed by atoms with Gasteiger partial charge in [-0.3, -0.25) is 5.32 Å². The van der Waals surface area contributed by atoms with Gasteiger partial charge in [0.05, 0.1) is 16.8 Å². The molecule has 2 aromatic heterocycles. The smallest absolute Gasteiger partial charge is 0.422 e. The summed E-state index contributed by atoms with van der Waals surface area (Å²) >= 11 is 0.883. The number of hydrogen-bond donors (Lipinski definition) is 2. The van der Waals surface area contributed by atoms with Crippen LogP contribution in [0.5, 0.6) is 0 Å². The fourth-order valence-electron chi connectivity index (χ4n) is 3.32. The third-order valence-electron chi connectivity index (χ3n) is 4.60. The van der Waals surface area contributed by atoms with Gasteiger partial charge < -0.3 is 9.72 Å². The van der Waals surface area contributed by atoms with Crippen LogP contribution in [0.4, 0.5) is 18.0 Å². The Bertz CT molecular complexity index is 1150. The first-order valence-corrected chi connectivity index (χ1v) is 9.62. The molecule has 5 nitrogen and oxygen atoms in total. The molecule has 0 aliphatic rings. The van der Waals surface area contributed by atoms with Crippen molar-refractivity contribution < 1.29 is 22.7 Å². The number of carbonyl (C=O) groups is 1. The van der Waals surface area contributed by atoms with Crippen molar-refractivity contribution in [1.29, 1.82) is 0 Å². The minimum atomic E-state index is -4.89. The van der Waals surface area contributed by atoms with Gasteiger partial charge in [-0.25, -0.2) is 9.78 Å². The standard InChI is InChI=1S/C20H16F3N3O2S/c1-2-28-18(27)26-19(20(21,22)23,13-11-24-14-8-4-3-7-12(13)14)17-25-15-9-5-6-10-16(15)29-17/h3-11,24H,2H2,1H3,(H,26,27)/t19-/m1/s1. The molecule has 0 fully saturated rings. The van der Waals surface area contributed by atoms with E-state index < -0.39 is 17.8 Å². The molecule has 0 unspecified atom stereocenters. The van der Waals surface area contributed by atoms with E-state index in [9.17, 15) is 18.0 Å². The van der Waals surface area contributed by atoms with Gasteiger partial charge in [0, 0.05) is 22.7 Å². The van der Waals surface area contributed by atoms with Crippen LogP contribution >= 0.6 is 11.3 Å². The monoisotopic (exact) mass is 419 g/mol. The zero-order valence-electron chi connectivity index (χ0n) is 15.2. The quantitative estimate of drug-likeness (QED) is 0.470. The number of halogens is 3. The first-order valence-electron chi connectivity index (χ1n) is 8.81. The third kappa shape index (κ3) is 3.11. The van der Waals surface area contributed by atoms with E-state index in [1.54, 1.807) is 48.5 Å². The number of carbonyl (C=O) groups excluding carboxylic acids is 1. The maximum atomic E-state index is 14.8. The second-order valence-corrected chi connectivity index (χ2v) is 7.36. The highest BCUT2D eigenvalue weighted by Gasteiger charge is 2.61. The molecular formula is C20H16F3N3O2S. The van der Waals surface area contributed by atoms with E-state index in [1.807, 2.05) is 0 Å². The normalized spacial score (nSPS) is 14.1. The van der Waals surface area contributed by atoms with Crippen molar-refractivity contribution in [3.05, 3.63) is 65.3 Å². The molecule has 2 N–H and O–H groups in total. The first-order chi connectivity index (χ1) is 13.9. The lowest BCUT2D eigenvalue weighted by atomic mass is 9.89. The van der Waals surface area contributed by atoms with Gasteiger partial charge in [0.2, 0.25) is 5.54 Å². The zero-order valence-corrected chi connectivity index (χ0v) is 16.0. The van der Waals surface area contributed by atoms with Gasteiger partial charge in [-0.2, -0.15) is 13.2 Å². The Morgan fingerprint density at radius 3 is 2.62 bits per heavy atom. The van der Waals surface area contributed by atoms with Crippen LogP contribution in [0.1, 0.15) is 17.5 Å². The summed E-state index contributed by atoms with van der Waals surface area (Å²) in [5.41, 5.74) is -2.08. The number of aromatic nitrogens is 2. The van der Waals surface area contributed by atoms with Crippen LogP contribution in [-0.4, -0.2) is 28.8 Å². The van der Waals surface area contributed by atoms with Gasteiger partial charge in [0.1, 0.15) is 5.01 Å². The molecular weight excluding hydrogens is 403 g/mol. The van der Waals surface area contributed by atoms with E-state index in [2.05, 4.69) is 15.3 Å². The Labute approximate surface area is 167 Å². The van der Waals surface area contributed by atoms with Crippen molar-refractivity contribution in [3.63, 3.8) is 0 Å². The second kappa shape index (κ2) is 7.07. The molecule has 0 radical (unpaired) electrons. The number of benzene rings is 2. The van der Waals surface area contributed by atoms with Crippen LogP contribution in [0.2, 0.25) is 0 Å². The van der Waals surface area contributed by atoms with Crippen molar-refractivity contribution >= 4 is 38.5 Å². The second-order valence-electron chi connectivity index (χ2n) is 6.33. The number of alkyl carbamates (subject to hydrolysis) is 1. The van der Waals surface area contributed by atoms with E-state index >= 15 is 0 Å². The number of H-pyrrole nitrogens is 1. The van der Waals surface area contributed by atoms with E-state index in [-0.39, 0.29) is 17.2 Å². The lowest BCUT2D eigenvalue weighted by Gasteiger charge is -2.34. The third-order valence-corrected chi connectivity index (χ3v) is 5.75. The summed E-state index contributed by atoms with van der Waals surface area (Å²) in [5, 5.41) is 2.13. The van der Waals surface area contributed by atoms with Crippen molar-refractivity contribution in [2.75, 3.05) is 6.61 Å². The molecule has 1 amide bonds. The summed E-state index contributed by atoms with van der Waals surface area (Å²) < 4.78 is 49.7. The molecule has 0 bridgehead atoms. The number of rotatable bonds is 4. The number of nitrogens with one attached hydrogen (secondary N) is 2. The van der Waals surface area contributed by atoms with Crippen LogP contribution in [0.25, 0.3) is 21.1 Å². The van der Waals surface area contributed by atoms with Gasteiger partial charge in [0.25, 0.3) is 0 Å². The van der Waals surface area contributed by atoms with Gasteiger partial charge in [0.15, 0.2) is 0 Å². The molecule has 0 saturated heterocycles. The molecule has 2 heterocycles. The maximum absolute atomic E-state index is 14.8. The SMILES string of the molecule is CCOC(=O)N[C@@](c1nc2ccccc2s1)(c1c[nH]c2ccccc12)C(F)(F)F. The highest BCUT2D eigenvalue weighted by molar-refractivity contribution is 7.18. The Balaban J connectivity index is 2.04. The first kappa shape index (κ1) is 19.3. The van der Waals surface area contributed by atoms with Crippen LogP contribution in [0.15, 0.2) is 54.7 Å².